The van der Waals surface area contributed by atoms with Crippen LogP contribution in [0, 0.1) is 0 Å². The average molecular weight is 365 g/mol. The van der Waals surface area contributed by atoms with Crippen LogP contribution in [0.2, 0.25) is 0 Å². The molecule has 1 atom stereocenters. The van der Waals surface area contributed by atoms with E-state index >= 15 is 0 Å². The van der Waals surface area contributed by atoms with Crippen LogP contribution < -0.4 is 0 Å². The number of morpholine rings is 1. The van der Waals surface area contributed by atoms with Gasteiger partial charge in [0.1, 0.15) is 11.6 Å². The van der Waals surface area contributed by atoms with Crippen LogP contribution in [0.3, 0.4) is 0 Å². The number of nitrogens with zero attached hydrogens (tertiary/aromatic N) is 2. The van der Waals surface area contributed by atoms with Crippen molar-refractivity contribution < 1.29 is 14.6 Å². The summed E-state index contributed by atoms with van der Waals surface area (Å²) in [5, 5.41) is 10.3. The first-order valence-electron chi connectivity index (χ1n) is 9.28. The average Bonchev–Trinajstić information content (AvgIpc) is 3.11. The monoisotopic (exact) mass is 365 g/mol. The van der Waals surface area contributed by atoms with E-state index in [1.165, 1.54) is 0 Å². The zero-order valence-corrected chi connectivity index (χ0v) is 15.1. The number of hydrogen-bond acceptors (Lipinski definition) is 4. The van der Waals surface area contributed by atoms with Gasteiger partial charge in [-0.2, -0.15) is 0 Å². The van der Waals surface area contributed by atoms with Crippen LogP contribution in [0.5, 0.6) is 5.75 Å². The molecule has 2 aromatic carbocycles. The van der Waals surface area contributed by atoms with Crippen LogP contribution in [0.4, 0.5) is 0 Å². The molecule has 0 saturated carbocycles. The third-order valence-corrected chi connectivity index (χ3v) is 5.04. The van der Waals surface area contributed by atoms with Gasteiger partial charge in [-0.25, -0.2) is 4.98 Å². The fourth-order valence-electron chi connectivity index (χ4n) is 3.61. The van der Waals surface area contributed by atoms with E-state index < -0.39 is 0 Å². The Balaban J connectivity index is 1.59. The van der Waals surface area contributed by atoms with E-state index in [0.29, 0.717) is 39.1 Å². The van der Waals surface area contributed by atoms with Crippen molar-refractivity contribution >= 4 is 16.9 Å². The van der Waals surface area contributed by atoms with Crippen molar-refractivity contribution in [2.24, 2.45) is 0 Å². The van der Waals surface area contributed by atoms with Crippen LogP contribution in [0.25, 0.3) is 11.0 Å². The molecular formula is C21H23N3O3. The van der Waals surface area contributed by atoms with Crippen molar-refractivity contribution in [3.05, 3.63) is 59.9 Å². The van der Waals surface area contributed by atoms with Crippen molar-refractivity contribution in [1.82, 2.24) is 14.9 Å². The summed E-state index contributed by atoms with van der Waals surface area (Å²) < 4.78 is 5.34. The standard InChI is InChI=1S/C21H23N3O3/c25-19-8-4-1-5-16(19)15(14-21(26)24-9-11-27-12-10-24)13-20-22-17-6-2-3-7-18(17)23-20/h1-8,15,25H,9-14H2,(H,22,23). The third kappa shape index (κ3) is 3.95. The number of para-hydroxylation sites is 3. The fraction of sp³-hybridized carbons (Fsp3) is 0.333. The molecule has 2 heterocycles. The Bertz CT molecular complexity index is 898. The zero-order valence-electron chi connectivity index (χ0n) is 15.1. The quantitative estimate of drug-likeness (QED) is 0.729. The molecule has 1 aliphatic heterocycles. The molecule has 0 spiro atoms. The van der Waals surface area contributed by atoms with Gasteiger partial charge in [-0.1, -0.05) is 30.3 Å². The zero-order chi connectivity index (χ0) is 18.6. The normalized spacial score (nSPS) is 15.8. The summed E-state index contributed by atoms with van der Waals surface area (Å²) in [6.07, 6.45) is 0.886. The molecule has 1 aliphatic rings. The minimum Gasteiger partial charge on any atom is -0.508 e. The topological polar surface area (TPSA) is 78.5 Å². The number of imidazole rings is 1. The van der Waals surface area contributed by atoms with Crippen molar-refractivity contribution in [2.45, 2.75) is 18.8 Å². The lowest BCUT2D eigenvalue weighted by Gasteiger charge is -2.28. The Hall–Kier alpha value is -2.86. The predicted octanol–water partition coefficient (Wildman–Crippen LogP) is 2.84. The summed E-state index contributed by atoms with van der Waals surface area (Å²) in [5.74, 6) is 0.970. The van der Waals surface area contributed by atoms with Gasteiger partial charge in [0, 0.05) is 31.8 Å². The number of ether oxygens (including phenoxy) is 1. The predicted molar refractivity (Wildman–Crippen MR) is 103 cm³/mol. The number of hydrogen-bond donors (Lipinski definition) is 2. The van der Waals surface area contributed by atoms with Crippen LogP contribution in [0.15, 0.2) is 48.5 Å². The van der Waals surface area contributed by atoms with Gasteiger partial charge in [0.2, 0.25) is 5.91 Å². The summed E-state index contributed by atoms with van der Waals surface area (Å²) in [7, 11) is 0. The van der Waals surface area contributed by atoms with Crippen LogP contribution in [0.1, 0.15) is 23.7 Å². The molecular weight excluding hydrogens is 342 g/mol. The fourth-order valence-corrected chi connectivity index (χ4v) is 3.61. The van der Waals surface area contributed by atoms with E-state index in [1.54, 1.807) is 12.1 Å². The molecule has 0 radical (unpaired) electrons. The number of carbonyl (C=O) groups is 1. The molecule has 6 nitrogen and oxygen atoms in total. The Morgan fingerprint density at radius 1 is 1.15 bits per heavy atom. The first-order chi connectivity index (χ1) is 13.2. The van der Waals surface area contributed by atoms with Crippen LogP contribution >= 0.6 is 0 Å². The maximum absolute atomic E-state index is 12.8. The van der Waals surface area contributed by atoms with Gasteiger partial charge in [0.15, 0.2) is 0 Å². The summed E-state index contributed by atoms with van der Waals surface area (Å²) in [6, 6.07) is 15.1. The van der Waals surface area contributed by atoms with E-state index in [1.807, 2.05) is 41.3 Å². The number of aromatic hydroxyl groups is 1. The number of phenolic OH excluding ortho intramolecular Hbond substituents is 1. The molecule has 1 amide bonds. The Morgan fingerprint density at radius 3 is 2.67 bits per heavy atom. The van der Waals surface area contributed by atoms with E-state index in [0.717, 1.165) is 22.4 Å². The summed E-state index contributed by atoms with van der Waals surface area (Å²) in [4.78, 5) is 22.6. The third-order valence-electron chi connectivity index (χ3n) is 5.04. The van der Waals surface area contributed by atoms with Gasteiger partial charge in [-0.3, -0.25) is 4.79 Å². The van der Waals surface area contributed by atoms with E-state index in [2.05, 4.69) is 9.97 Å². The highest BCUT2D eigenvalue weighted by Crippen LogP contribution is 2.31. The minimum atomic E-state index is -0.151. The molecule has 0 aliphatic carbocycles. The molecule has 6 heteroatoms. The second-order valence-electron chi connectivity index (χ2n) is 6.86. The van der Waals surface area contributed by atoms with Gasteiger partial charge in [0.05, 0.1) is 24.2 Å². The summed E-state index contributed by atoms with van der Waals surface area (Å²) >= 11 is 0. The number of benzene rings is 2. The van der Waals surface area contributed by atoms with Gasteiger partial charge >= 0.3 is 0 Å². The molecule has 0 bridgehead atoms. The molecule has 1 saturated heterocycles. The Kier molecular flexibility index (Phi) is 5.07. The number of fused-ring (bicyclic) bond motifs is 1. The van der Waals surface area contributed by atoms with Gasteiger partial charge in [0.25, 0.3) is 0 Å². The van der Waals surface area contributed by atoms with Crippen molar-refractivity contribution in [2.75, 3.05) is 26.3 Å². The van der Waals surface area contributed by atoms with Crippen LogP contribution in [-0.2, 0) is 16.0 Å². The highest BCUT2D eigenvalue weighted by Gasteiger charge is 2.25. The number of rotatable bonds is 5. The van der Waals surface area contributed by atoms with Crippen molar-refractivity contribution in [1.29, 1.82) is 0 Å². The number of amides is 1. The van der Waals surface area contributed by atoms with E-state index in [9.17, 15) is 9.90 Å². The van der Waals surface area contributed by atoms with E-state index in [-0.39, 0.29) is 17.6 Å². The maximum atomic E-state index is 12.8. The van der Waals surface area contributed by atoms with Crippen molar-refractivity contribution in [3.63, 3.8) is 0 Å². The highest BCUT2D eigenvalue weighted by atomic mass is 16.5. The number of carbonyl (C=O) groups excluding carboxylic acids is 1. The molecule has 1 aromatic heterocycles. The Morgan fingerprint density at radius 2 is 1.89 bits per heavy atom. The summed E-state index contributed by atoms with van der Waals surface area (Å²) in [6.45, 7) is 2.40. The maximum Gasteiger partial charge on any atom is 0.223 e. The van der Waals surface area contributed by atoms with Gasteiger partial charge < -0.3 is 19.7 Å². The minimum absolute atomic E-state index is 0.0858. The molecule has 1 unspecified atom stereocenters. The number of aromatic nitrogens is 2. The van der Waals surface area contributed by atoms with Crippen molar-refractivity contribution in [3.8, 4) is 5.75 Å². The largest absolute Gasteiger partial charge is 0.508 e. The molecule has 4 rings (SSSR count). The molecule has 1 fully saturated rings. The second-order valence-corrected chi connectivity index (χ2v) is 6.86. The van der Waals surface area contributed by atoms with Gasteiger partial charge in [-0.05, 0) is 23.8 Å². The molecule has 3 aromatic rings. The molecule has 27 heavy (non-hydrogen) atoms. The first-order valence-corrected chi connectivity index (χ1v) is 9.28. The number of aromatic amines is 1. The second kappa shape index (κ2) is 7.80. The number of H-pyrrole nitrogens is 1. The molecule has 2 N–H and O–H groups in total. The first kappa shape index (κ1) is 17.5. The van der Waals surface area contributed by atoms with Gasteiger partial charge in [-0.15, -0.1) is 0 Å². The lowest BCUT2D eigenvalue weighted by molar-refractivity contribution is -0.135. The highest BCUT2D eigenvalue weighted by molar-refractivity contribution is 5.78. The number of nitrogens with one attached hydrogen (secondary N) is 1. The van der Waals surface area contributed by atoms with E-state index in [4.69, 9.17) is 4.74 Å². The lowest BCUT2D eigenvalue weighted by Crippen LogP contribution is -2.41. The lowest BCUT2D eigenvalue weighted by atomic mass is 9.90. The SMILES string of the molecule is O=C(CC(Cc1nc2ccccc2[nH]1)c1ccccc1O)N1CCOCC1. The summed E-state index contributed by atoms with van der Waals surface area (Å²) in [5.41, 5.74) is 2.66. The molecule has 140 valence electrons. The number of phenols is 1. The Labute approximate surface area is 157 Å². The van der Waals surface area contributed by atoms with Crippen LogP contribution in [-0.4, -0.2) is 52.2 Å². The smallest absolute Gasteiger partial charge is 0.223 e.